The van der Waals surface area contributed by atoms with Crippen LogP contribution in [0.4, 0.5) is 0 Å². The number of hydrogen-bond acceptors (Lipinski definition) is 4. The van der Waals surface area contributed by atoms with E-state index < -0.39 is 11.8 Å². The Morgan fingerprint density at radius 3 is 2.60 bits per heavy atom. The molecule has 1 aromatic rings. The van der Waals surface area contributed by atoms with Crippen molar-refractivity contribution in [2.75, 3.05) is 7.11 Å². The lowest BCUT2D eigenvalue weighted by molar-refractivity contribution is -0.151. The molecule has 0 saturated heterocycles. The van der Waals surface area contributed by atoms with Gasteiger partial charge in [0, 0.05) is 6.42 Å². The number of phenolic OH excluding ortho intramolecular Hbond substituents is 1. The van der Waals surface area contributed by atoms with Crippen molar-refractivity contribution in [3.63, 3.8) is 0 Å². The predicted molar refractivity (Wildman–Crippen MR) is 53.5 cm³/mol. The summed E-state index contributed by atoms with van der Waals surface area (Å²) >= 11 is 0. The second-order valence-corrected chi connectivity index (χ2v) is 3.04. The summed E-state index contributed by atoms with van der Waals surface area (Å²) in [5.74, 6) is -1.29. The summed E-state index contributed by atoms with van der Waals surface area (Å²) in [6.45, 7) is 0. The summed E-state index contributed by atoms with van der Waals surface area (Å²) in [5, 5.41) is 9.39. The highest BCUT2D eigenvalue weighted by atomic mass is 16.5. The van der Waals surface area contributed by atoms with Gasteiger partial charge in [-0.25, -0.2) is 4.79 Å². The number of carbonyl (C=O) groups is 2. The van der Waals surface area contributed by atoms with Crippen molar-refractivity contribution in [2.24, 2.45) is 0 Å². The molecule has 0 heterocycles. The van der Waals surface area contributed by atoms with Crippen LogP contribution in [0.25, 0.3) is 0 Å². The summed E-state index contributed by atoms with van der Waals surface area (Å²) in [6, 6.07) is 6.70. The average Bonchev–Trinajstić information content (AvgIpc) is 2.26. The molecular weight excluding hydrogens is 196 g/mol. The number of aromatic hydroxyl groups is 1. The molecule has 0 spiro atoms. The molecule has 1 rings (SSSR count). The summed E-state index contributed by atoms with van der Waals surface area (Å²) in [7, 11) is 1.17. The highest BCUT2D eigenvalue weighted by Crippen LogP contribution is 2.17. The van der Waals surface area contributed by atoms with E-state index in [0.717, 1.165) is 0 Å². The zero-order valence-electron chi connectivity index (χ0n) is 8.40. The van der Waals surface area contributed by atoms with Crippen LogP contribution in [-0.4, -0.2) is 24.0 Å². The van der Waals surface area contributed by atoms with Gasteiger partial charge in [-0.05, 0) is 18.1 Å². The van der Waals surface area contributed by atoms with Crippen molar-refractivity contribution in [3.05, 3.63) is 29.8 Å². The molecule has 0 aliphatic carbocycles. The molecule has 0 bridgehead atoms. The number of ether oxygens (including phenoxy) is 1. The quantitative estimate of drug-likeness (QED) is 0.593. The molecule has 0 saturated carbocycles. The van der Waals surface area contributed by atoms with Gasteiger partial charge in [0.15, 0.2) is 0 Å². The van der Waals surface area contributed by atoms with E-state index in [-0.39, 0.29) is 12.2 Å². The molecule has 0 fully saturated rings. The third-order valence-electron chi connectivity index (χ3n) is 2.03. The average molecular weight is 208 g/mol. The van der Waals surface area contributed by atoms with Gasteiger partial charge in [0.2, 0.25) is 5.78 Å². The minimum absolute atomic E-state index is 0.0459. The second kappa shape index (κ2) is 5.14. The van der Waals surface area contributed by atoms with Crippen molar-refractivity contribution in [2.45, 2.75) is 12.8 Å². The molecule has 80 valence electrons. The Hall–Kier alpha value is -1.84. The van der Waals surface area contributed by atoms with Gasteiger partial charge in [-0.15, -0.1) is 0 Å². The lowest BCUT2D eigenvalue weighted by Gasteiger charge is -2.02. The van der Waals surface area contributed by atoms with Crippen LogP contribution in [-0.2, 0) is 20.7 Å². The molecule has 0 unspecified atom stereocenters. The molecule has 0 atom stereocenters. The van der Waals surface area contributed by atoms with Gasteiger partial charge < -0.3 is 9.84 Å². The van der Waals surface area contributed by atoms with Gasteiger partial charge in [0.1, 0.15) is 5.75 Å². The zero-order valence-corrected chi connectivity index (χ0v) is 8.40. The van der Waals surface area contributed by atoms with Crippen LogP contribution >= 0.6 is 0 Å². The Kier molecular flexibility index (Phi) is 3.85. The van der Waals surface area contributed by atoms with E-state index in [1.54, 1.807) is 18.2 Å². The van der Waals surface area contributed by atoms with Crippen LogP contribution in [0.2, 0.25) is 0 Å². The second-order valence-electron chi connectivity index (χ2n) is 3.04. The van der Waals surface area contributed by atoms with E-state index in [9.17, 15) is 14.7 Å². The van der Waals surface area contributed by atoms with Crippen LogP contribution in [0.3, 0.4) is 0 Å². The monoisotopic (exact) mass is 208 g/mol. The number of Topliss-reactive ketones (excluding diaryl/α,β-unsaturated/α-hetero) is 1. The number of esters is 1. The van der Waals surface area contributed by atoms with Crippen LogP contribution < -0.4 is 0 Å². The number of methoxy groups -OCH3 is 1. The normalized spacial score (nSPS) is 9.67. The Morgan fingerprint density at radius 2 is 2.00 bits per heavy atom. The Labute approximate surface area is 87.5 Å². The van der Waals surface area contributed by atoms with Gasteiger partial charge in [0.05, 0.1) is 7.11 Å². The first-order valence-corrected chi connectivity index (χ1v) is 4.53. The fraction of sp³-hybridized carbons (Fsp3) is 0.273. The fourth-order valence-corrected chi connectivity index (χ4v) is 1.19. The molecule has 0 aliphatic heterocycles. The van der Waals surface area contributed by atoms with E-state index in [1.807, 2.05) is 0 Å². The molecule has 1 N–H and O–H groups in total. The summed E-state index contributed by atoms with van der Waals surface area (Å²) in [6.07, 6.45) is 0.380. The van der Waals surface area contributed by atoms with E-state index in [4.69, 9.17) is 0 Å². The van der Waals surface area contributed by atoms with E-state index in [1.165, 1.54) is 13.2 Å². The molecule has 4 nitrogen and oxygen atoms in total. The third-order valence-corrected chi connectivity index (χ3v) is 2.03. The number of para-hydroxylation sites is 1. The smallest absolute Gasteiger partial charge is 0.374 e. The molecule has 0 aromatic heterocycles. The number of benzene rings is 1. The van der Waals surface area contributed by atoms with E-state index >= 15 is 0 Å². The fourth-order valence-electron chi connectivity index (χ4n) is 1.19. The molecule has 0 aliphatic rings. The minimum Gasteiger partial charge on any atom is -0.508 e. The van der Waals surface area contributed by atoms with Gasteiger partial charge in [-0.2, -0.15) is 0 Å². The minimum atomic E-state index is -0.842. The maximum absolute atomic E-state index is 11.1. The first-order chi connectivity index (χ1) is 7.15. The van der Waals surface area contributed by atoms with Crippen molar-refractivity contribution >= 4 is 11.8 Å². The molecule has 15 heavy (non-hydrogen) atoms. The molecule has 0 amide bonds. The Morgan fingerprint density at radius 1 is 1.33 bits per heavy atom. The molecule has 1 aromatic carbocycles. The lowest BCUT2D eigenvalue weighted by Crippen LogP contribution is -2.15. The molecular formula is C11H12O4. The Bertz CT molecular complexity index is 371. The van der Waals surface area contributed by atoms with Crippen molar-refractivity contribution in [1.29, 1.82) is 0 Å². The third kappa shape index (κ3) is 3.09. The topological polar surface area (TPSA) is 63.6 Å². The zero-order chi connectivity index (χ0) is 11.3. The molecule has 4 heteroatoms. The van der Waals surface area contributed by atoms with E-state index in [2.05, 4.69) is 4.74 Å². The van der Waals surface area contributed by atoms with Gasteiger partial charge in [-0.3, -0.25) is 4.79 Å². The van der Waals surface area contributed by atoms with Crippen LogP contribution in [0.15, 0.2) is 24.3 Å². The highest BCUT2D eigenvalue weighted by Gasteiger charge is 2.13. The number of aryl methyl sites for hydroxylation is 1. The van der Waals surface area contributed by atoms with Crippen molar-refractivity contribution in [3.8, 4) is 5.75 Å². The number of hydrogen-bond donors (Lipinski definition) is 1. The predicted octanol–water partition coefficient (Wildman–Crippen LogP) is 1.07. The van der Waals surface area contributed by atoms with Crippen molar-refractivity contribution in [1.82, 2.24) is 0 Å². The van der Waals surface area contributed by atoms with Gasteiger partial charge >= 0.3 is 5.97 Å². The van der Waals surface area contributed by atoms with Crippen LogP contribution in [0.1, 0.15) is 12.0 Å². The summed E-state index contributed by atoms with van der Waals surface area (Å²) in [4.78, 5) is 21.9. The number of phenols is 1. The van der Waals surface area contributed by atoms with Crippen molar-refractivity contribution < 1.29 is 19.4 Å². The first kappa shape index (κ1) is 11.2. The standard InChI is InChI=1S/C11H12O4/c1-15-11(14)10(13)7-6-8-4-2-3-5-9(8)12/h2-5,12H,6-7H2,1H3. The number of carbonyl (C=O) groups excluding carboxylic acids is 2. The van der Waals surface area contributed by atoms with Crippen LogP contribution in [0.5, 0.6) is 5.75 Å². The lowest BCUT2D eigenvalue weighted by atomic mass is 10.1. The maximum atomic E-state index is 11.1. The SMILES string of the molecule is COC(=O)C(=O)CCc1ccccc1O. The maximum Gasteiger partial charge on any atom is 0.374 e. The van der Waals surface area contributed by atoms with Gasteiger partial charge in [-0.1, -0.05) is 18.2 Å². The van der Waals surface area contributed by atoms with E-state index in [0.29, 0.717) is 12.0 Å². The summed E-state index contributed by atoms with van der Waals surface area (Å²) in [5.41, 5.74) is 0.648. The largest absolute Gasteiger partial charge is 0.508 e. The number of ketones is 1. The first-order valence-electron chi connectivity index (χ1n) is 4.53. The number of rotatable bonds is 4. The Balaban J connectivity index is 2.54. The van der Waals surface area contributed by atoms with Crippen LogP contribution in [0, 0.1) is 0 Å². The highest BCUT2D eigenvalue weighted by molar-refractivity contribution is 6.33. The molecule has 0 radical (unpaired) electrons. The van der Waals surface area contributed by atoms with Gasteiger partial charge in [0.25, 0.3) is 0 Å². The summed E-state index contributed by atoms with van der Waals surface area (Å²) < 4.78 is 4.28.